The van der Waals surface area contributed by atoms with E-state index in [1.807, 2.05) is 0 Å². The van der Waals surface area contributed by atoms with Gasteiger partial charge in [-0.25, -0.2) is 10.2 Å². The zero-order chi connectivity index (χ0) is 12.8. The Kier molecular flexibility index (Phi) is 3.97. The van der Waals surface area contributed by atoms with Crippen LogP contribution in [0, 0.1) is 5.41 Å². The van der Waals surface area contributed by atoms with Gasteiger partial charge < -0.3 is 20.1 Å². The number of carbonyl (C=O) groups is 1. The lowest BCUT2D eigenvalue weighted by Gasteiger charge is -2.27. The Morgan fingerprint density at radius 3 is 2.89 bits per heavy atom. The van der Waals surface area contributed by atoms with Crippen molar-refractivity contribution >= 4 is 17.8 Å². The first-order valence-electron chi connectivity index (χ1n) is 5.53. The Morgan fingerprint density at radius 1 is 1.44 bits per heavy atom. The fraction of sp³-hybridized carbons (Fsp3) is 0.444. The van der Waals surface area contributed by atoms with Crippen LogP contribution >= 0.6 is 0 Å². The van der Waals surface area contributed by atoms with Crippen LogP contribution in [0.1, 0.15) is 0 Å². The van der Waals surface area contributed by atoms with Crippen LogP contribution in [-0.4, -0.2) is 48.2 Å². The zero-order valence-electron chi connectivity index (χ0n) is 9.69. The highest BCUT2D eigenvalue weighted by Gasteiger charge is 2.15. The molecule has 2 rings (SSSR count). The number of rotatable bonds is 1. The summed E-state index contributed by atoms with van der Waals surface area (Å²) in [6.45, 7) is 2.86. The van der Waals surface area contributed by atoms with E-state index in [9.17, 15) is 4.79 Å². The van der Waals surface area contributed by atoms with Gasteiger partial charge in [0.15, 0.2) is 5.82 Å². The lowest BCUT2D eigenvalue weighted by atomic mass is 10.4. The predicted molar refractivity (Wildman–Crippen MR) is 64.0 cm³/mol. The molecule has 2 heterocycles. The average Bonchev–Trinajstić information content (AvgIpc) is 2.90. The van der Waals surface area contributed by atoms with Gasteiger partial charge in [-0.1, -0.05) is 5.16 Å². The van der Waals surface area contributed by atoms with Crippen molar-refractivity contribution in [2.45, 2.75) is 0 Å². The summed E-state index contributed by atoms with van der Waals surface area (Å²) in [5, 5.41) is 16.8. The van der Waals surface area contributed by atoms with Crippen molar-refractivity contribution in [3.63, 3.8) is 0 Å². The SMILES string of the molecule is N=C(NNC(=O)N1CCNCC1)Nc1ccon1. The van der Waals surface area contributed by atoms with Crippen LogP contribution < -0.4 is 21.5 Å². The molecule has 1 aromatic rings. The molecule has 9 nitrogen and oxygen atoms in total. The standard InChI is InChI=1S/C9H15N7O2/c10-8(12-7-1-6-18-15-7)13-14-9(17)16-4-2-11-3-5-16/h1,6,11H,2-5H2,(H,14,17)(H3,10,12,13,15). The smallest absolute Gasteiger partial charge is 0.336 e. The van der Waals surface area contributed by atoms with Gasteiger partial charge in [-0.05, 0) is 0 Å². The normalized spacial score (nSPS) is 15.0. The number of carbonyl (C=O) groups excluding carboxylic acids is 1. The maximum Gasteiger partial charge on any atom is 0.336 e. The fourth-order valence-corrected chi connectivity index (χ4v) is 1.50. The first-order valence-corrected chi connectivity index (χ1v) is 5.53. The minimum Gasteiger partial charge on any atom is -0.363 e. The molecule has 1 saturated heterocycles. The highest BCUT2D eigenvalue weighted by molar-refractivity contribution is 5.91. The van der Waals surface area contributed by atoms with Gasteiger partial charge in [0, 0.05) is 32.2 Å². The summed E-state index contributed by atoms with van der Waals surface area (Å²) < 4.78 is 4.60. The van der Waals surface area contributed by atoms with Crippen LogP contribution in [0.5, 0.6) is 0 Å². The molecule has 18 heavy (non-hydrogen) atoms. The first kappa shape index (κ1) is 12.2. The molecule has 1 aliphatic heterocycles. The van der Waals surface area contributed by atoms with E-state index < -0.39 is 0 Å². The first-order chi connectivity index (χ1) is 8.75. The van der Waals surface area contributed by atoms with Gasteiger partial charge in [-0.3, -0.25) is 10.8 Å². The number of aromatic nitrogens is 1. The van der Waals surface area contributed by atoms with Gasteiger partial charge in [0.1, 0.15) is 6.26 Å². The van der Waals surface area contributed by atoms with Crippen LogP contribution in [0.4, 0.5) is 10.6 Å². The third-order valence-corrected chi connectivity index (χ3v) is 2.39. The van der Waals surface area contributed by atoms with E-state index in [1.165, 1.54) is 6.26 Å². The lowest BCUT2D eigenvalue weighted by molar-refractivity contribution is 0.188. The molecule has 0 radical (unpaired) electrons. The monoisotopic (exact) mass is 253 g/mol. The van der Waals surface area contributed by atoms with Crippen LogP contribution in [0.2, 0.25) is 0 Å². The summed E-state index contributed by atoms with van der Waals surface area (Å²) >= 11 is 0. The number of nitrogens with one attached hydrogen (secondary N) is 5. The Hall–Kier alpha value is -2.29. The summed E-state index contributed by atoms with van der Waals surface area (Å²) in [7, 11) is 0. The molecule has 0 atom stereocenters. The van der Waals surface area contributed by atoms with E-state index in [0.29, 0.717) is 18.9 Å². The summed E-state index contributed by atoms with van der Waals surface area (Å²) in [5.41, 5.74) is 4.88. The number of anilines is 1. The second kappa shape index (κ2) is 5.87. The Bertz CT molecular complexity index is 399. The maximum absolute atomic E-state index is 11.7. The second-order valence-electron chi connectivity index (χ2n) is 3.68. The molecule has 0 aliphatic carbocycles. The van der Waals surface area contributed by atoms with Crippen molar-refractivity contribution < 1.29 is 9.32 Å². The molecular formula is C9H15N7O2. The van der Waals surface area contributed by atoms with E-state index >= 15 is 0 Å². The highest BCUT2D eigenvalue weighted by Crippen LogP contribution is 1.99. The van der Waals surface area contributed by atoms with Gasteiger partial charge >= 0.3 is 6.03 Å². The molecule has 0 bridgehead atoms. The molecule has 0 spiro atoms. The fourth-order valence-electron chi connectivity index (χ4n) is 1.50. The van der Waals surface area contributed by atoms with Crippen molar-refractivity contribution in [1.29, 1.82) is 5.41 Å². The van der Waals surface area contributed by atoms with Crippen LogP contribution in [0.3, 0.4) is 0 Å². The zero-order valence-corrected chi connectivity index (χ0v) is 9.69. The van der Waals surface area contributed by atoms with Crippen molar-refractivity contribution in [3.05, 3.63) is 12.3 Å². The Morgan fingerprint density at radius 2 is 2.22 bits per heavy atom. The summed E-state index contributed by atoms with van der Waals surface area (Å²) in [4.78, 5) is 13.3. The number of hydrogen-bond acceptors (Lipinski definition) is 5. The van der Waals surface area contributed by atoms with Crippen LogP contribution in [0.25, 0.3) is 0 Å². The van der Waals surface area contributed by atoms with E-state index in [-0.39, 0.29) is 12.0 Å². The summed E-state index contributed by atoms with van der Waals surface area (Å²) in [6.07, 6.45) is 1.38. The highest BCUT2D eigenvalue weighted by atomic mass is 16.5. The van der Waals surface area contributed by atoms with E-state index in [2.05, 4.69) is 31.2 Å². The summed E-state index contributed by atoms with van der Waals surface area (Å²) in [6, 6.07) is 1.30. The quantitative estimate of drug-likeness (QED) is 0.252. The lowest BCUT2D eigenvalue weighted by Crippen LogP contribution is -2.55. The Balaban J connectivity index is 1.70. The van der Waals surface area contributed by atoms with Crippen molar-refractivity contribution in [2.24, 2.45) is 0 Å². The van der Waals surface area contributed by atoms with Crippen molar-refractivity contribution in [3.8, 4) is 0 Å². The van der Waals surface area contributed by atoms with Gasteiger partial charge in [-0.15, -0.1) is 0 Å². The Labute approximate surface area is 103 Å². The number of guanidine groups is 1. The second-order valence-corrected chi connectivity index (χ2v) is 3.68. The molecule has 0 aromatic carbocycles. The molecule has 2 amide bonds. The third kappa shape index (κ3) is 3.35. The van der Waals surface area contributed by atoms with E-state index in [4.69, 9.17) is 5.41 Å². The van der Waals surface area contributed by atoms with Gasteiger partial charge in [-0.2, -0.15) is 0 Å². The van der Waals surface area contributed by atoms with Crippen LogP contribution in [-0.2, 0) is 0 Å². The van der Waals surface area contributed by atoms with Gasteiger partial charge in [0.25, 0.3) is 0 Å². The van der Waals surface area contributed by atoms with Gasteiger partial charge in [0.2, 0.25) is 5.96 Å². The molecule has 1 fully saturated rings. The number of piperazine rings is 1. The average molecular weight is 253 g/mol. The molecule has 1 aliphatic rings. The van der Waals surface area contributed by atoms with Gasteiger partial charge in [0.05, 0.1) is 0 Å². The number of nitrogens with zero attached hydrogens (tertiary/aromatic N) is 2. The molecular weight excluding hydrogens is 238 g/mol. The number of hydrazine groups is 1. The maximum atomic E-state index is 11.7. The summed E-state index contributed by atoms with van der Waals surface area (Å²) in [5.74, 6) is 0.302. The van der Waals surface area contributed by atoms with Crippen molar-refractivity contribution in [1.82, 2.24) is 26.2 Å². The minimum absolute atomic E-state index is 0.0904. The minimum atomic E-state index is -0.261. The number of amides is 2. The van der Waals surface area contributed by atoms with E-state index in [0.717, 1.165) is 13.1 Å². The number of urea groups is 1. The molecule has 0 saturated carbocycles. The molecule has 1 aromatic heterocycles. The predicted octanol–water partition coefficient (Wildman–Crippen LogP) is -0.859. The van der Waals surface area contributed by atoms with Crippen LogP contribution in [0.15, 0.2) is 16.9 Å². The molecule has 0 unspecified atom stereocenters. The molecule has 5 N–H and O–H groups in total. The largest absolute Gasteiger partial charge is 0.363 e. The topological polar surface area (TPSA) is 118 Å². The number of hydrogen-bond donors (Lipinski definition) is 5. The molecule has 98 valence electrons. The van der Waals surface area contributed by atoms with E-state index in [1.54, 1.807) is 11.0 Å². The third-order valence-electron chi connectivity index (χ3n) is 2.39. The molecule has 9 heteroatoms. The van der Waals surface area contributed by atoms with Crippen molar-refractivity contribution in [2.75, 3.05) is 31.5 Å².